The molecule has 0 aliphatic rings. The molecule has 0 fully saturated rings. The molecule has 4 aromatic rings. The molecular formula is C22H16N4O4. The fourth-order valence-corrected chi connectivity index (χ4v) is 3.23. The van der Waals surface area contributed by atoms with Crippen LogP contribution in [0.5, 0.6) is 0 Å². The van der Waals surface area contributed by atoms with Crippen molar-refractivity contribution in [3.8, 4) is 0 Å². The molecule has 0 bridgehead atoms. The Kier molecular flexibility index (Phi) is 4.96. The summed E-state index contributed by atoms with van der Waals surface area (Å²) in [7, 11) is 0. The Balaban J connectivity index is 2.08. The zero-order chi connectivity index (χ0) is 21.1. The average Bonchev–Trinajstić information content (AvgIpc) is 2.75. The summed E-state index contributed by atoms with van der Waals surface area (Å²) in [6.45, 7) is 0. The molecule has 0 saturated carbocycles. The monoisotopic (exact) mass is 400 g/mol. The van der Waals surface area contributed by atoms with Crippen LogP contribution >= 0.6 is 0 Å². The maximum Gasteiger partial charge on any atom is 0.180 e. The van der Waals surface area contributed by atoms with Gasteiger partial charge in [-0.3, -0.25) is 0 Å². The van der Waals surface area contributed by atoms with Gasteiger partial charge in [0.05, 0.1) is 0 Å². The van der Waals surface area contributed by atoms with E-state index in [1.54, 1.807) is 48.5 Å². The van der Waals surface area contributed by atoms with Crippen LogP contribution in [0.15, 0.2) is 98.1 Å². The molecule has 0 aliphatic heterocycles. The van der Waals surface area contributed by atoms with Gasteiger partial charge in [0.15, 0.2) is 49.6 Å². The molecule has 0 radical (unpaired) electrons. The maximum atomic E-state index is 11.6. The van der Waals surface area contributed by atoms with Gasteiger partial charge in [-0.05, 0) is 33.4 Å². The Morgan fingerprint density at radius 2 is 0.533 bits per heavy atom. The lowest BCUT2D eigenvalue weighted by Gasteiger charge is -2.17. The van der Waals surface area contributed by atoms with Crippen LogP contribution in [0.3, 0.4) is 0 Å². The van der Waals surface area contributed by atoms with Crippen LogP contribution in [0.1, 0.15) is 22.3 Å². The van der Waals surface area contributed by atoms with E-state index in [4.69, 9.17) is 0 Å². The third kappa shape index (κ3) is 3.88. The van der Waals surface area contributed by atoms with E-state index in [9.17, 15) is 20.8 Å². The Labute approximate surface area is 171 Å². The van der Waals surface area contributed by atoms with Gasteiger partial charge in [0.1, 0.15) is 0 Å². The van der Waals surface area contributed by atoms with Crippen LogP contribution in [0.2, 0.25) is 0 Å². The lowest BCUT2D eigenvalue weighted by molar-refractivity contribution is -0.605. The van der Waals surface area contributed by atoms with Crippen molar-refractivity contribution in [3.05, 3.63) is 141 Å². The number of nitrogens with zero attached hydrogens (tertiary/aromatic N) is 4. The first-order valence-electron chi connectivity index (χ1n) is 9.02. The summed E-state index contributed by atoms with van der Waals surface area (Å²) in [4.78, 5) is 0. The SMILES string of the molecule is [O-][n+]1ccc(C(=C(c2cc[n+]([O-])cc2)c2cc[n+]([O-])cc2)c2cc[n+]([O-])cc2)cc1. The minimum Gasteiger partial charge on any atom is -0.619 e. The molecule has 0 aliphatic carbocycles. The number of pyridine rings is 4. The molecule has 0 unspecified atom stereocenters. The van der Waals surface area contributed by atoms with Gasteiger partial charge in [-0.2, -0.15) is 18.9 Å². The third-order valence-corrected chi connectivity index (χ3v) is 4.61. The van der Waals surface area contributed by atoms with Crippen molar-refractivity contribution in [2.75, 3.05) is 0 Å². The van der Waals surface area contributed by atoms with Crippen molar-refractivity contribution in [2.45, 2.75) is 0 Å². The van der Waals surface area contributed by atoms with Crippen molar-refractivity contribution in [1.29, 1.82) is 0 Å². The van der Waals surface area contributed by atoms with Gasteiger partial charge in [0.2, 0.25) is 0 Å². The number of aromatic nitrogens is 4. The maximum absolute atomic E-state index is 11.6. The summed E-state index contributed by atoms with van der Waals surface area (Å²) in [5.74, 6) is 0. The summed E-state index contributed by atoms with van der Waals surface area (Å²) < 4.78 is 2.73. The Morgan fingerprint density at radius 3 is 0.700 bits per heavy atom. The highest BCUT2D eigenvalue weighted by Gasteiger charge is 2.19. The van der Waals surface area contributed by atoms with Gasteiger partial charge in [-0.25, -0.2) is 0 Å². The predicted molar refractivity (Wildman–Crippen MR) is 107 cm³/mol. The molecule has 0 spiro atoms. The van der Waals surface area contributed by atoms with Crippen LogP contribution in [0.4, 0.5) is 0 Å². The van der Waals surface area contributed by atoms with Crippen LogP contribution in [-0.4, -0.2) is 0 Å². The van der Waals surface area contributed by atoms with E-state index in [2.05, 4.69) is 0 Å². The molecule has 0 aromatic carbocycles. The smallest absolute Gasteiger partial charge is 0.180 e. The van der Waals surface area contributed by atoms with E-state index in [-0.39, 0.29) is 0 Å². The largest absolute Gasteiger partial charge is 0.619 e. The first kappa shape index (κ1) is 18.9. The zero-order valence-electron chi connectivity index (χ0n) is 15.7. The Hall–Kier alpha value is -4.46. The molecular weight excluding hydrogens is 384 g/mol. The van der Waals surface area contributed by atoms with Gasteiger partial charge in [0.25, 0.3) is 0 Å². The lowest BCUT2D eigenvalue weighted by Crippen LogP contribution is -2.25. The highest BCUT2D eigenvalue weighted by molar-refractivity contribution is 6.04. The minimum absolute atomic E-state index is 0.684. The minimum atomic E-state index is 0.684. The average molecular weight is 400 g/mol. The first-order valence-corrected chi connectivity index (χ1v) is 9.02. The van der Waals surface area contributed by atoms with E-state index >= 15 is 0 Å². The number of hydrogen-bond acceptors (Lipinski definition) is 4. The summed E-state index contributed by atoms with van der Waals surface area (Å²) >= 11 is 0. The zero-order valence-corrected chi connectivity index (χ0v) is 15.7. The van der Waals surface area contributed by atoms with Crippen LogP contribution in [-0.2, 0) is 0 Å². The van der Waals surface area contributed by atoms with E-state index in [0.717, 1.165) is 33.4 Å². The van der Waals surface area contributed by atoms with Crippen LogP contribution < -0.4 is 18.9 Å². The molecule has 4 heterocycles. The Morgan fingerprint density at radius 1 is 0.367 bits per heavy atom. The molecule has 0 N–H and O–H groups in total. The first-order chi connectivity index (χ1) is 14.5. The van der Waals surface area contributed by atoms with Crippen LogP contribution in [0, 0.1) is 20.8 Å². The molecule has 8 heteroatoms. The summed E-state index contributed by atoms with van der Waals surface area (Å²) in [6.07, 6.45) is 11.1. The standard InChI is InChI=1S/C22H16N4O4/c27-23-9-1-17(2-10-23)21(18-3-11-24(28)12-4-18)22(19-5-13-25(29)14-6-19)20-7-15-26(30)16-8-20/h1-16H. The molecule has 0 amide bonds. The van der Waals surface area contributed by atoms with Crippen molar-refractivity contribution in [1.82, 2.24) is 0 Å². The van der Waals surface area contributed by atoms with Crippen molar-refractivity contribution < 1.29 is 18.9 Å². The van der Waals surface area contributed by atoms with Gasteiger partial charge in [-0.15, -0.1) is 0 Å². The normalized spacial score (nSPS) is 10.5. The highest BCUT2D eigenvalue weighted by atomic mass is 16.5. The van der Waals surface area contributed by atoms with Crippen molar-refractivity contribution >= 4 is 11.1 Å². The Bertz CT molecular complexity index is 996. The van der Waals surface area contributed by atoms with E-state index in [0.29, 0.717) is 18.9 Å². The number of rotatable bonds is 4. The summed E-state index contributed by atoms with van der Waals surface area (Å²) in [5, 5.41) is 46.4. The van der Waals surface area contributed by atoms with Gasteiger partial charge in [-0.1, -0.05) is 0 Å². The van der Waals surface area contributed by atoms with E-state index in [1.165, 1.54) is 49.6 Å². The third-order valence-electron chi connectivity index (χ3n) is 4.61. The molecule has 30 heavy (non-hydrogen) atoms. The molecule has 0 atom stereocenters. The summed E-state index contributed by atoms with van der Waals surface area (Å²) in [6, 6.07) is 13.4. The fraction of sp³-hybridized carbons (Fsp3) is 0. The lowest BCUT2D eigenvalue weighted by atomic mass is 9.87. The van der Waals surface area contributed by atoms with Gasteiger partial charge < -0.3 is 20.8 Å². The van der Waals surface area contributed by atoms with Gasteiger partial charge >= 0.3 is 0 Å². The van der Waals surface area contributed by atoms with Crippen molar-refractivity contribution in [3.63, 3.8) is 0 Å². The van der Waals surface area contributed by atoms with E-state index in [1.807, 2.05) is 0 Å². The molecule has 148 valence electrons. The van der Waals surface area contributed by atoms with E-state index < -0.39 is 0 Å². The number of hydrogen-bond donors (Lipinski definition) is 0. The van der Waals surface area contributed by atoms with Crippen LogP contribution in [0.25, 0.3) is 11.1 Å². The fourth-order valence-electron chi connectivity index (χ4n) is 3.23. The molecule has 4 rings (SSSR count). The molecule has 8 nitrogen and oxygen atoms in total. The second-order valence-corrected chi connectivity index (χ2v) is 6.54. The topological polar surface area (TPSA) is 108 Å². The highest BCUT2D eigenvalue weighted by Crippen LogP contribution is 2.35. The second-order valence-electron chi connectivity index (χ2n) is 6.54. The molecule has 0 saturated heterocycles. The van der Waals surface area contributed by atoms with Crippen molar-refractivity contribution in [2.24, 2.45) is 0 Å². The molecule has 4 aromatic heterocycles. The van der Waals surface area contributed by atoms with Gasteiger partial charge in [0, 0.05) is 48.5 Å². The second kappa shape index (κ2) is 7.88. The summed E-state index contributed by atoms with van der Waals surface area (Å²) in [5.41, 5.74) is 4.42. The predicted octanol–water partition coefficient (Wildman–Crippen LogP) is 1.23. The quantitative estimate of drug-likeness (QED) is 0.379.